The van der Waals surface area contributed by atoms with Gasteiger partial charge in [0, 0.05) is 18.8 Å². The molecule has 7 nitrogen and oxygen atoms in total. The van der Waals surface area contributed by atoms with Crippen molar-refractivity contribution in [1.29, 1.82) is 0 Å². The number of hydrogen-bond donors (Lipinski definition) is 3. The van der Waals surface area contributed by atoms with E-state index in [-0.39, 0.29) is 18.5 Å². The molecule has 110 valence electrons. The van der Waals surface area contributed by atoms with E-state index in [0.29, 0.717) is 19.0 Å². The first-order valence-electron chi connectivity index (χ1n) is 6.80. The first-order valence-corrected chi connectivity index (χ1v) is 6.80. The number of urea groups is 1. The minimum absolute atomic E-state index is 0.0174. The molecule has 0 aliphatic heterocycles. The van der Waals surface area contributed by atoms with Gasteiger partial charge in [0.05, 0.1) is 19.2 Å². The molecule has 20 heavy (non-hydrogen) atoms. The Bertz CT molecular complexity index is 482. The van der Waals surface area contributed by atoms with Crippen LogP contribution in [0.25, 0.3) is 0 Å². The van der Waals surface area contributed by atoms with E-state index < -0.39 is 5.97 Å². The monoisotopic (exact) mass is 280 g/mol. The predicted octanol–water partition coefficient (Wildman–Crippen LogP) is 0.744. The predicted molar refractivity (Wildman–Crippen MR) is 72.3 cm³/mol. The van der Waals surface area contributed by atoms with Gasteiger partial charge in [-0.05, 0) is 31.2 Å². The number of carbonyl (C=O) groups is 2. The molecule has 1 aliphatic rings. The van der Waals surface area contributed by atoms with Crippen LogP contribution < -0.4 is 10.6 Å². The van der Waals surface area contributed by atoms with Crippen molar-refractivity contribution in [1.82, 2.24) is 20.4 Å². The van der Waals surface area contributed by atoms with Gasteiger partial charge < -0.3 is 15.7 Å². The molecule has 1 atom stereocenters. The van der Waals surface area contributed by atoms with Gasteiger partial charge in [0.1, 0.15) is 0 Å². The van der Waals surface area contributed by atoms with Gasteiger partial charge >= 0.3 is 12.0 Å². The molecule has 7 heteroatoms. The quantitative estimate of drug-likeness (QED) is 0.686. The molecular formula is C13H20N4O3. The number of amides is 2. The number of carboxylic acids is 1. The Morgan fingerprint density at radius 2 is 2.30 bits per heavy atom. The van der Waals surface area contributed by atoms with Crippen LogP contribution in [0, 0.1) is 12.8 Å². The molecule has 0 saturated heterocycles. The van der Waals surface area contributed by atoms with Crippen LogP contribution in [0.15, 0.2) is 12.4 Å². The maximum atomic E-state index is 11.7. The highest BCUT2D eigenvalue weighted by molar-refractivity contribution is 5.75. The van der Waals surface area contributed by atoms with Crippen LogP contribution in [0.2, 0.25) is 0 Å². The molecule has 0 spiro atoms. The lowest BCUT2D eigenvalue weighted by atomic mass is 10.1. The summed E-state index contributed by atoms with van der Waals surface area (Å²) < 4.78 is 1.76. The summed E-state index contributed by atoms with van der Waals surface area (Å²) in [5.41, 5.74) is 1.07. The van der Waals surface area contributed by atoms with Crippen LogP contribution in [0.1, 0.15) is 24.8 Å². The van der Waals surface area contributed by atoms with Crippen molar-refractivity contribution in [3.05, 3.63) is 18.0 Å². The van der Waals surface area contributed by atoms with Gasteiger partial charge in [-0.25, -0.2) is 4.79 Å². The van der Waals surface area contributed by atoms with E-state index in [0.717, 1.165) is 18.4 Å². The average Bonchev–Trinajstić information content (AvgIpc) is 3.12. The third-order valence-corrected chi connectivity index (χ3v) is 3.29. The first kappa shape index (κ1) is 14.4. The van der Waals surface area contributed by atoms with E-state index in [9.17, 15) is 9.59 Å². The molecule has 2 rings (SSSR count). The average molecular weight is 280 g/mol. The number of nitrogens with zero attached hydrogens (tertiary/aromatic N) is 2. The number of rotatable bonds is 7. The summed E-state index contributed by atoms with van der Waals surface area (Å²) in [6.45, 7) is 3.00. The molecule has 1 saturated carbocycles. The van der Waals surface area contributed by atoms with E-state index in [2.05, 4.69) is 15.7 Å². The maximum Gasteiger partial charge on any atom is 0.315 e. The summed E-state index contributed by atoms with van der Waals surface area (Å²) in [4.78, 5) is 22.5. The highest BCUT2D eigenvalue weighted by Gasteiger charge is 2.33. The number of aliphatic carboxylic acids is 1. The smallest absolute Gasteiger partial charge is 0.315 e. The van der Waals surface area contributed by atoms with Gasteiger partial charge in [-0.15, -0.1) is 0 Å². The fourth-order valence-electron chi connectivity index (χ4n) is 2.11. The van der Waals surface area contributed by atoms with Crippen molar-refractivity contribution < 1.29 is 14.7 Å². The second-order valence-electron chi connectivity index (χ2n) is 5.22. The second-order valence-corrected chi connectivity index (χ2v) is 5.22. The lowest BCUT2D eigenvalue weighted by molar-refractivity contribution is -0.137. The molecule has 1 aliphatic carbocycles. The Hall–Kier alpha value is -2.05. The van der Waals surface area contributed by atoms with Crippen molar-refractivity contribution in [2.45, 2.75) is 38.8 Å². The fraction of sp³-hybridized carbons (Fsp3) is 0.615. The highest BCUT2D eigenvalue weighted by Crippen LogP contribution is 2.33. The minimum Gasteiger partial charge on any atom is -0.481 e. The fourth-order valence-corrected chi connectivity index (χ4v) is 2.11. The Balaban J connectivity index is 1.69. The van der Waals surface area contributed by atoms with Gasteiger partial charge in [-0.1, -0.05) is 0 Å². The van der Waals surface area contributed by atoms with Crippen molar-refractivity contribution >= 4 is 12.0 Å². The maximum absolute atomic E-state index is 11.7. The summed E-state index contributed by atoms with van der Waals surface area (Å²) in [7, 11) is 0. The number of carbonyl (C=O) groups excluding carboxylic acids is 1. The summed E-state index contributed by atoms with van der Waals surface area (Å²) in [6.07, 6.45) is 5.62. The van der Waals surface area contributed by atoms with Crippen LogP contribution in [-0.2, 0) is 11.3 Å². The SMILES string of the molecule is Cc1cnn(CCNC(=O)NC(CC(=O)O)C2CC2)c1. The zero-order valence-corrected chi connectivity index (χ0v) is 11.5. The minimum atomic E-state index is -0.880. The molecule has 1 fully saturated rings. The number of aromatic nitrogens is 2. The molecule has 1 aromatic rings. The van der Waals surface area contributed by atoms with E-state index in [4.69, 9.17) is 5.11 Å². The molecule has 0 aromatic carbocycles. The summed E-state index contributed by atoms with van der Waals surface area (Å²) >= 11 is 0. The highest BCUT2D eigenvalue weighted by atomic mass is 16.4. The van der Waals surface area contributed by atoms with Gasteiger partial charge in [0.2, 0.25) is 0 Å². The van der Waals surface area contributed by atoms with Gasteiger partial charge in [0.25, 0.3) is 0 Å². The Morgan fingerprint density at radius 3 is 2.85 bits per heavy atom. The van der Waals surface area contributed by atoms with Crippen LogP contribution >= 0.6 is 0 Å². The largest absolute Gasteiger partial charge is 0.481 e. The van der Waals surface area contributed by atoms with E-state index in [1.807, 2.05) is 13.1 Å². The van der Waals surface area contributed by atoms with Crippen molar-refractivity contribution in [2.24, 2.45) is 5.92 Å². The van der Waals surface area contributed by atoms with Gasteiger partial charge in [-0.3, -0.25) is 9.48 Å². The van der Waals surface area contributed by atoms with Crippen LogP contribution in [-0.4, -0.2) is 39.5 Å². The molecule has 1 unspecified atom stereocenters. The van der Waals surface area contributed by atoms with Gasteiger partial charge in [-0.2, -0.15) is 5.10 Å². The van der Waals surface area contributed by atoms with Crippen LogP contribution in [0.5, 0.6) is 0 Å². The normalized spacial score (nSPS) is 15.7. The third kappa shape index (κ3) is 4.56. The first-order chi connectivity index (χ1) is 9.54. The Morgan fingerprint density at radius 1 is 1.55 bits per heavy atom. The summed E-state index contributed by atoms with van der Waals surface area (Å²) in [6, 6.07) is -0.577. The van der Waals surface area contributed by atoms with Crippen molar-refractivity contribution in [3.8, 4) is 0 Å². The zero-order valence-electron chi connectivity index (χ0n) is 11.5. The Labute approximate surface area is 117 Å². The standard InChI is InChI=1S/C13H20N4O3/c1-9-7-15-17(8-9)5-4-14-13(20)16-11(6-12(18)19)10-2-3-10/h7-8,10-11H,2-6H2,1H3,(H,18,19)(H2,14,16,20). The lowest BCUT2D eigenvalue weighted by Gasteiger charge is -2.16. The van der Waals surface area contributed by atoms with E-state index >= 15 is 0 Å². The topological polar surface area (TPSA) is 96.3 Å². The van der Waals surface area contributed by atoms with E-state index in [1.54, 1.807) is 10.9 Å². The van der Waals surface area contributed by atoms with Crippen LogP contribution in [0.3, 0.4) is 0 Å². The van der Waals surface area contributed by atoms with E-state index in [1.165, 1.54) is 0 Å². The number of hydrogen-bond acceptors (Lipinski definition) is 3. The van der Waals surface area contributed by atoms with Crippen molar-refractivity contribution in [3.63, 3.8) is 0 Å². The summed E-state index contributed by atoms with van der Waals surface area (Å²) in [5, 5.41) is 18.4. The summed E-state index contributed by atoms with van der Waals surface area (Å²) in [5.74, 6) is -0.570. The third-order valence-electron chi connectivity index (χ3n) is 3.29. The number of nitrogens with one attached hydrogen (secondary N) is 2. The second kappa shape index (κ2) is 6.40. The number of carboxylic acid groups (broad SMARTS) is 1. The molecule has 0 bridgehead atoms. The molecular weight excluding hydrogens is 260 g/mol. The molecule has 0 radical (unpaired) electrons. The molecule has 1 heterocycles. The molecule has 1 aromatic heterocycles. The van der Waals surface area contributed by atoms with Gasteiger partial charge in [0.15, 0.2) is 0 Å². The van der Waals surface area contributed by atoms with Crippen LogP contribution in [0.4, 0.5) is 4.79 Å². The lowest BCUT2D eigenvalue weighted by Crippen LogP contribution is -2.44. The number of aryl methyl sites for hydroxylation is 1. The molecule has 2 amide bonds. The molecule has 3 N–H and O–H groups in total. The Kier molecular flexibility index (Phi) is 4.60. The van der Waals surface area contributed by atoms with Crippen molar-refractivity contribution in [2.75, 3.05) is 6.54 Å². The zero-order chi connectivity index (χ0) is 14.5.